The first-order valence-electron chi connectivity index (χ1n) is 5.18. The van der Waals surface area contributed by atoms with E-state index in [0.717, 1.165) is 29.0 Å². The van der Waals surface area contributed by atoms with E-state index in [1.807, 2.05) is 6.92 Å². The summed E-state index contributed by atoms with van der Waals surface area (Å²) in [5.41, 5.74) is 2.23. The molecule has 5 heteroatoms. The molecule has 0 saturated carbocycles. The molecule has 86 valence electrons. The van der Waals surface area contributed by atoms with Gasteiger partial charge in [0, 0.05) is 16.7 Å². The Kier molecular flexibility index (Phi) is 3.99. The van der Waals surface area contributed by atoms with Gasteiger partial charge in [-0.1, -0.05) is 0 Å². The first kappa shape index (κ1) is 12.1. The minimum Gasteiger partial charge on any atom is -0.380 e. The van der Waals surface area contributed by atoms with Crippen molar-refractivity contribution in [1.29, 1.82) is 0 Å². The summed E-state index contributed by atoms with van der Waals surface area (Å²) in [5.74, 6) is 0. The van der Waals surface area contributed by atoms with E-state index in [9.17, 15) is 0 Å². The number of rotatable bonds is 4. The zero-order chi connectivity index (χ0) is 11.5. The van der Waals surface area contributed by atoms with E-state index < -0.39 is 0 Å². The molecule has 0 unspecified atom stereocenters. The van der Waals surface area contributed by atoms with Crippen LogP contribution in [0.5, 0.6) is 0 Å². The molecule has 0 aliphatic heterocycles. The molecule has 0 atom stereocenters. The Hall–Kier alpha value is -0.400. The number of aromatic amines is 1. The Bertz CT molecular complexity index is 546. The minimum atomic E-state index is 0.698. The summed E-state index contributed by atoms with van der Waals surface area (Å²) in [6.07, 6.45) is 0. The maximum atomic E-state index is 5.35. The van der Waals surface area contributed by atoms with Crippen molar-refractivity contribution in [2.75, 3.05) is 13.2 Å². The van der Waals surface area contributed by atoms with E-state index in [1.54, 1.807) is 0 Å². The molecule has 16 heavy (non-hydrogen) atoms. The van der Waals surface area contributed by atoms with Crippen molar-refractivity contribution in [3.05, 3.63) is 26.5 Å². The van der Waals surface area contributed by atoms with Crippen molar-refractivity contribution in [1.82, 2.24) is 9.55 Å². The van der Waals surface area contributed by atoms with Gasteiger partial charge in [0.2, 0.25) is 0 Å². The number of benzene rings is 1. The van der Waals surface area contributed by atoms with Crippen LogP contribution in [-0.2, 0) is 11.3 Å². The fourth-order valence-electron chi connectivity index (χ4n) is 1.66. The summed E-state index contributed by atoms with van der Waals surface area (Å²) in [6.45, 7) is 4.24. The fourth-order valence-corrected chi connectivity index (χ4v) is 2.45. The quantitative estimate of drug-likeness (QED) is 0.522. The molecule has 0 amide bonds. The highest BCUT2D eigenvalue weighted by Gasteiger charge is 2.04. The summed E-state index contributed by atoms with van der Waals surface area (Å²) in [5, 5.41) is 0. The number of hydrogen-bond acceptors (Lipinski definition) is 2. The summed E-state index contributed by atoms with van der Waals surface area (Å²) < 4.78 is 9.40. The molecule has 0 spiro atoms. The van der Waals surface area contributed by atoms with Crippen LogP contribution in [0.3, 0.4) is 0 Å². The lowest BCUT2D eigenvalue weighted by molar-refractivity contribution is 0.139. The average molecular weight is 348 g/mol. The van der Waals surface area contributed by atoms with Gasteiger partial charge in [-0.2, -0.15) is 0 Å². The van der Waals surface area contributed by atoms with Gasteiger partial charge < -0.3 is 14.3 Å². The molecule has 0 bridgehead atoms. The van der Waals surface area contributed by atoms with Crippen LogP contribution in [0.2, 0.25) is 0 Å². The van der Waals surface area contributed by atoms with Crippen LogP contribution in [0, 0.1) is 8.34 Å². The number of halogens is 1. The third-order valence-corrected chi connectivity index (χ3v) is 3.39. The molecule has 0 aliphatic rings. The SMILES string of the molecule is CCOCCn1c(=S)[nH]c2cc(I)ccc21. The van der Waals surface area contributed by atoms with Gasteiger partial charge in [-0.25, -0.2) is 0 Å². The zero-order valence-electron chi connectivity index (χ0n) is 9.00. The highest BCUT2D eigenvalue weighted by Crippen LogP contribution is 2.17. The number of aromatic nitrogens is 2. The molecule has 2 aromatic rings. The third kappa shape index (κ3) is 2.46. The molecule has 1 heterocycles. The number of nitrogens with one attached hydrogen (secondary N) is 1. The van der Waals surface area contributed by atoms with E-state index in [1.165, 1.54) is 3.57 Å². The number of ether oxygens (including phenoxy) is 1. The van der Waals surface area contributed by atoms with Gasteiger partial charge >= 0.3 is 0 Å². The van der Waals surface area contributed by atoms with E-state index >= 15 is 0 Å². The Balaban J connectivity index is 2.36. The lowest BCUT2D eigenvalue weighted by Crippen LogP contribution is -2.05. The third-order valence-electron chi connectivity index (χ3n) is 2.40. The number of H-pyrrole nitrogens is 1. The summed E-state index contributed by atoms with van der Waals surface area (Å²) in [6, 6.07) is 6.28. The molecule has 0 aliphatic carbocycles. The van der Waals surface area contributed by atoms with Gasteiger partial charge in [-0.05, 0) is 59.9 Å². The highest BCUT2D eigenvalue weighted by atomic mass is 127. The van der Waals surface area contributed by atoms with Crippen LogP contribution in [0.25, 0.3) is 11.0 Å². The average Bonchev–Trinajstić information content (AvgIpc) is 2.55. The lowest BCUT2D eigenvalue weighted by atomic mass is 10.3. The predicted molar refractivity (Wildman–Crippen MR) is 76.3 cm³/mol. The summed E-state index contributed by atoms with van der Waals surface area (Å²) in [4.78, 5) is 3.21. The van der Waals surface area contributed by atoms with Gasteiger partial charge in [0.15, 0.2) is 4.77 Å². The van der Waals surface area contributed by atoms with Crippen LogP contribution < -0.4 is 0 Å². The van der Waals surface area contributed by atoms with Crippen molar-refractivity contribution < 1.29 is 4.74 Å². The number of hydrogen-bond donors (Lipinski definition) is 1. The summed E-state index contributed by atoms with van der Waals surface area (Å²) >= 11 is 7.59. The molecule has 1 aromatic carbocycles. The van der Waals surface area contributed by atoms with E-state index in [4.69, 9.17) is 17.0 Å². The first-order valence-corrected chi connectivity index (χ1v) is 6.67. The largest absolute Gasteiger partial charge is 0.380 e. The van der Waals surface area contributed by atoms with Crippen molar-refractivity contribution in [2.24, 2.45) is 0 Å². The molecule has 0 saturated heterocycles. The monoisotopic (exact) mass is 348 g/mol. The molecule has 0 radical (unpaired) electrons. The number of fused-ring (bicyclic) bond motifs is 1. The minimum absolute atomic E-state index is 0.698. The second kappa shape index (κ2) is 5.29. The molecule has 3 nitrogen and oxygen atoms in total. The van der Waals surface area contributed by atoms with Crippen molar-refractivity contribution in [2.45, 2.75) is 13.5 Å². The maximum Gasteiger partial charge on any atom is 0.178 e. The van der Waals surface area contributed by atoms with E-state index in [2.05, 4.69) is 50.3 Å². The van der Waals surface area contributed by atoms with Crippen molar-refractivity contribution >= 4 is 45.8 Å². The van der Waals surface area contributed by atoms with Gasteiger partial charge in [0.25, 0.3) is 0 Å². The summed E-state index contributed by atoms with van der Waals surface area (Å²) in [7, 11) is 0. The van der Waals surface area contributed by atoms with E-state index in [0.29, 0.717) is 6.61 Å². The van der Waals surface area contributed by atoms with Crippen molar-refractivity contribution in [3.8, 4) is 0 Å². The Morgan fingerprint density at radius 1 is 1.50 bits per heavy atom. The smallest absolute Gasteiger partial charge is 0.178 e. The van der Waals surface area contributed by atoms with Crippen LogP contribution in [0.1, 0.15) is 6.92 Å². The van der Waals surface area contributed by atoms with Crippen LogP contribution in [-0.4, -0.2) is 22.8 Å². The van der Waals surface area contributed by atoms with Crippen LogP contribution >= 0.6 is 34.8 Å². The second-order valence-electron chi connectivity index (χ2n) is 3.44. The highest BCUT2D eigenvalue weighted by molar-refractivity contribution is 14.1. The molecule has 0 fully saturated rings. The normalized spacial score (nSPS) is 11.1. The Morgan fingerprint density at radius 2 is 2.31 bits per heavy atom. The van der Waals surface area contributed by atoms with E-state index in [-0.39, 0.29) is 0 Å². The molecular formula is C11H13IN2OS. The zero-order valence-corrected chi connectivity index (χ0v) is 12.0. The second-order valence-corrected chi connectivity index (χ2v) is 5.07. The number of imidazole rings is 1. The number of nitrogens with zero attached hydrogens (tertiary/aromatic N) is 1. The van der Waals surface area contributed by atoms with Gasteiger partial charge in [0.1, 0.15) is 0 Å². The first-order chi connectivity index (χ1) is 7.72. The standard InChI is InChI=1S/C11H13IN2OS/c1-2-15-6-5-14-10-4-3-8(12)7-9(10)13-11(14)16/h3-4,7H,2,5-6H2,1H3,(H,13,16). The molecule has 1 N–H and O–H groups in total. The van der Waals surface area contributed by atoms with Gasteiger partial charge in [0.05, 0.1) is 17.6 Å². The van der Waals surface area contributed by atoms with Gasteiger partial charge in [-0.3, -0.25) is 0 Å². The maximum absolute atomic E-state index is 5.35. The molecule has 2 rings (SSSR count). The predicted octanol–water partition coefficient (Wildman–Crippen LogP) is 3.34. The van der Waals surface area contributed by atoms with Crippen LogP contribution in [0.15, 0.2) is 18.2 Å². The topological polar surface area (TPSA) is 29.9 Å². The Morgan fingerprint density at radius 3 is 3.06 bits per heavy atom. The Labute approximate surface area is 113 Å². The lowest BCUT2D eigenvalue weighted by Gasteiger charge is -2.04. The molecular weight excluding hydrogens is 335 g/mol. The van der Waals surface area contributed by atoms with Crippen LogP contribution in [0.4, 0.5) is 0 Å². The fraction of sp³-hybridized carbons (Fsp3) is 0.364. The van der Waals surface area contributed by atoms with Gasteiger partial charge in [-0.15, -0.1) is 0 Å². The van der Waals surface area contributed by atoms with Crippen molar-refractivity contribution in [3.63, 3.8) is 0 Å². The molecule has 1 aromatic heterocycles.